The maximum Gasteiger partial charge on any atom is 0.266 e. The minimum absolute atomic E-state index is 0.0718. The van der Waals surface area contributed by atoms with Gasteiger partial charge in [0.05, 0.1) is 12.2 Å². The molecule has 0 aliphatic heterocycles. The van der Waals surface area contributed by atoms with E-state index in [4.69, 9.17) is 0 Å². The number of rotatable bonds is 10. The topological polar surface area (TPSA) is 125 Å². The molecule has 0 heterocycles. The molecule has 2 aliphatic rings. The molecule has 0 bridgehead atoms. The van der Waals surface area contributed by atoms with E-state index in [0.717, 1.165) is 25.7 Å². The van der Waals surface area contributed by atoms with Crippen LogP contribution in [0.4, 0.5) is 5.69 Å². The van der Waals surface area contributed by atoms with Gasteiger partial charge in [-0.3, -0.25) is 14.4 Å². The maximum absolute atomic E-state index is 13.1. The first-order valence-electron chi connectivity index (χ1n) is 11.2. The van der Waals surface area contributed by atoms with E-state index in [1.165, 1.54) is 24.0 Å². The van der Waals surface area contributed by atoms with E-state index in [0.29, 0.717) is 18.2 Å². The van der Waals surface area contributed by atoms with Crippen molar-refractivity contribution in [3.63, 3.8) is 0 Å². The van der Waals surface area contributed by atoms with Crippen LogP contribution in [-0.2, 0) is 24.4 Å². The fourth-order valence-electron chi connectivity index (χ4n) is 4.48. The molecule has 3 rings (SSSR count). The fraction of sp³-hybridized carbons (Fsp3) is 0.522. The minimum Gasteiger partial charge on any atom is -0.387 e. The van der Waals surface area contributed by atoms with Crippen molar-refractivity contribution in [3.8, 4) is 0 Å². The van der Waals surface area contributed by atoms with Crippen molar-refractivity contribution in [2.45, 2.75) is 49.5 Å². The number of carbonyl (C=O) groups is 3. The highest BCUT2D eigenvalue weighted by Crippen LogP contribution is 2.45. The van der Waals surface area contributed by atoms with Crippen LogP contribution in [0, 0.1) is 11.8 Å². The number of nitrogens with zero attached hydrogens (tertiary/aromatic N) is 1. The second-order valence-electron chi connectivity index (χ2n) is 8.80. The lowest BCUT2D eigenvalue weighted by Crippen LogP contribution is -2.54. The summed E-state index contributed by atoms with van der Waals surface area (Å²) in [5.41, 5.74) is -1.06. The Morgan fingerprint density at radius 1 is 1.21 bits per heavy atom. The first-order chi connectivity index (χ1) is 15.6. The molecule has 1 aromatic carbocycles. The molecule has 33 heavy (non-hydrogen) atoms. The highest BCUT2D eigenvalue weighted by molar-refractivity contribution is 7.90. The predicted molar refractivity (Wildman–Crippen MR) is 125 cm³/mol. The van der Waals surface area contributed by atoms with Gasteiger partial charge in [-0.1, -0.05) is 31.1 Å². The molecule has 9 nitrogen and oxygen atoms in total. The van der Waals surface area contributed by atoms with Gasteiger partial charge in [-0.25, -0.2) is 13.1 Å². The van der Waals surface area contributed by atoms with E-state index in [-0.39, 0.29) is 23.8 Å². The van der Waals surface area contributed by atoms with Gasteiger partial charge in [-0.2, -0.15) is 0 Å². The zero-order valence-corrected chi connectivity index (χ0v) is 19.9. The molecule has 3 amide bonds. The summed E-state index contributed by atoms with van der Waals surface area (Å²) in [4.78, 5) is 39.4. The number of hydrogen-bond donors (Lipinski definition) is 3. The summed E-state index contributed by atoms with van der Waals surface area (Å²) in [6.45, 7) is 5.43. The summed E-state index contributed by atoms with van der Waals surface area (Å²) < 4.78 is 27.9. The van der Waals surface area contributed by atoms with Gasteiger partial charge in [0.25, 0.3) is 15.9 Å². The van der Waals surface area contributed by atoms with Gasteiger partial charge in [-0.05, 0) is 37.3 Å². The van der Waals surface area contributed by atoms with Crippen LogP contribution in [-0.4, -0.2) is 56.7 Å². The molecule has 2 aliphatic carbocycles. The minimum atomic E-state index is -4.18. The highest BCUT2D eigenvalue weighted by atomic mass is 32.2. The second-order valence-corrected chi connectivity index (χ2v) is 10.4. The Labute approximate surface area is 195 Å². The molecule has 3 N–H and O–H groups in total. The molecule has 180 valence electrons. The molecule has 2 fully saturated rings. The number of sulfonamides is 1. The predicted octanol–water partition coefficient (Wildman–Crippen LogP) is 1.63. The number of nitrogens with one attached hydrogen (secondary N) is 3. The van der Waals surface area contributed by atoms with Crippen LogP contribution in [0.5, 0.6) is 0 Å². The maximum atomic E-state index is 13.1. The fourth-order valence-corrected chi connectivity index (χ4v) is 5.73. The van der Waals surface area contributed by atoms with Crippen molar-refractivity contribution >= 4 is 33.4 Å². The van der Waals surface area contributed by atoms with Gasteiger partial charge in [-0.15, -0.1) is 6.58 Å². The zero-order chi connectivity index (χ0) is 24.2. The largest absolute Gasteiger partial charge is 0.387 e. The smallest absolute Gasteiger partial charge is 0.266 e. The van der Waals surface area contributed by atoms with E-state index in [1.54, 1.807) is 25.2 Å². The number of para-hydroxylation sites is 1. The Balaban J connectivity index is 1.71. The average Bonchev–Trinajstić information content (AvgIpc) is 3.24. The van der Waals surface area contributed by atoms with Crippen LogP contribution in [0.3, 0.4) is 0 Å². The van der Waals surface area contributed by atoms with Gasteiger partial charge in [0.15, 0.2) is 0 Å². The molecule has 1 aromatic rings. The van der Waals surface area contributed by atoms with Crippen LogP contribution in [0.15, 0.2) is 41.8 Å². The van der Waals surface area contributed by atoms with Crippen molar-refractivity contribution < 1.29 is 22.8 Å². The number of anilines is 1. The SMILES string of the molecule is C=C[C@@H]1C[C@]1(NC(=O)CN(CC1CCCC1)C(C)=O)C(=O)NS(=O)(=O)c1ccccc1NC. The zero-order valence-electron chi connectivity index (χ0n) is 19.1. The van der Waals surface area contributed by atoms with E-state index in [9.17, 15) is 22.8 Å². The summed E-state index contributed by atoms with van der Waals surface area (Å²) in [6.07, 6.45) is 6.07. The molecule has 0 radical (unpaired) electrons. The molecule has 10 heteroatoms. The lowest BCUT2D eigenvalue weighted by Gasteiger charge is -2.26. The Hall–Kier alpha value is -2.88. The molecule has 0 spiro atoms. The third kappa shape index (κ3) is 5.55. The average molecular weight is 477 g/mol. The Morgan fingerprint density at radius 3 is 2.45 bits per heavy atom. The lowest BCUT2D eigenvalue weighted by atomic mass is 10.1. The standard InChI is InChI=1S/C23H32N4O5S/c1-4-18-13-23(18,22(30)26-33(31,32)20-12-8-7-11-19(20)24-3)25-21(29)15-27(16(2)28)14-17-9-5-6-10-17/h4,7-8,11-12,17-18,24H,1,5-6,9-10,13-15H2,2-3H3,(H,25,29)(H,26,30)/t18-,23-/m1/s1. The third-order valence-electron chi connectivity index (χ3n) is 6.47. The van der Waals surface area contributed by atoms with Gasteiger partial charge >= 0.3 is 0 Å². The van der Waals surface area contributed by atoms with Crippen LogP contribution >= 0.6 is 0 Å². The Morgan fingerprint density at radius 2 is 1.88 bits per heavy atom. The van der Waals surface area contributed by atoms with Gasteiger partial charge < -0.3 is 15.5 Å². The van der Waals surface area contributed by atoms with Crippen molar-refractivity contribution in [1.29, 1.82) is 0 Å². The van der Waals surface area contributed by atoms with Crippen molar-refractivity contribution in [2.75, 3.05) is 25.5 Å². The second kappa shape index (κ2) is 9.94. The summed E-state index contributed by atoms with van der Waals surface area (Å²) in [5.74, 6) is -1.57. The first kappa shape index (κ1) is 24.8. The monoisotopic (exact) mass is 476 g/mol. The van der Waals surface area contributed by atoms with E-state index in [1.807, 2.05) is 0 Å². The van der Waals surface area contributed by atoms with Crippen LogP contribution in [0.25, 0.3) is 0 Å². The van der Waals surface area contributed by atoms with E-state index >= 15 is 0 Å². The molecular weight excluding hydrogens is 444 g/mol. The molecule has 2 atom stereocenters. The number of carbonyl (C=O) groups excluding carboxylic acids is 3. The lowest BCUT2D eigenvalue weighted by molar-refractivity contribution is -0.136. The summed E-state index contributed by atoms with van der Waals surface area (Å²) in [5, 5.41) is 5.47. The highest BCUT2D eigenvalue weighted by Gasteiger charge is 2.60. The molecule has 0 aromatic heterocycles. The number of amides is 3. The van der Waals surface area contributed by atoms with Gasteiger partial charge in [0, 0.05) is 26.4 Å². The first-order valence-corrected chi connectivity index (χ1v) is 12.6. The van der Waals surface area contributed by atoms with Crippen LogP contribution < -0.4 is 15.4 Å². The van der Waals surface area contributed by atoms with E-state index < -0.39 is 33.3 Å². The van der Waals surface area contributed by atoms with E-state index in [2.05, 4.69) is 21.9 Å². The summed E-state index contributed by atoms with van der Waals surface area (Å²) in [7, 11) is -2.60. The summed E-state index contributed by atoms with van der Waals surface area (Å²) >= 11 is 0. The van der Waals surface area contributed by atoms with Crippen molar-refractivity contribution in [1.82, 2.24) is 14.9 Å². The summed E-state index contributed by atoms with van der Waals surface area (Å²) in [6, 6.07) is 6.20. The molecule has 0 saturated heterocycles. The van der Waals surface area contributed by atoms with Crippen molar-refractivity contribution in [3.05, 3.63) is 36.9 Å². The van der Waals surface area contributed by atoms with Gasteiger partial charge in [0.1, 0.15) is 10.4 Å². The van der Waals surface area contributed by atoms with Crippen molar-refractivity contribution in [2.24, 2.45) is 11.8 Å². The quantitative estimate of drug-likeness (QED) is 0.441. The molecule has 2 saturated carbocycles. The normalized spacial score (nSPS) is 22.3. The van der Waals surface area contributed by atoms with Crippen LogP contribution in [0.2, 0.25) is 0 Å². The van der Waals surface area contributed by atoms with Crippen LogP contribution in [0.1, 0.15) is 39.0 Å². The third-order valence-corrected chi connectivity index (χ3v) is 7.86. The Bertz CT molecular complexity index is 1040. The number of benzene rings is 1. The Kier molecular flexibility index (Phi) is 7.46. The molecule has 0 unspecified atom stereocenters. The molecular formula is C23H32N4O5S. The van der Waals surface area contributed by atoms with Gasteiger partial charge in [0.2, 0.25) is 11.8 Å². The number of hydrogen-bond acceptors (Lipinski definition) is 6.